The van der Waals surface area contributed by atoms with E-state index in [1.54, 1.807) is 7.11 Å². The van der Waals surface area contributed by atoms with Gasteiger partial charge in [-0.15, -0.1) is 0 Å². The summed E-state index contributed by atoms with van der Waals surface area (Å²) in [6.45, 7) is 6.90. The van der Waals surface area contributed by atoms with Crippen molar-refractivity contribution in [2.75, 3.05) is 33.9 Å². The first kappa shape index (κ1) is 12.7. The van der Waals surface area contributed by atoms with Gasteiger partial charge in [0.1, 0.15) is 0 Å². The summed E-state index contributed by atoms with van der Waals surface area (Å²) in [5, 5.41) is 3.78. The molecule has 0 saturated carbocycles. The second-order valence-electron chi connectivity index (χ2n) is 3.39. The fourth-order valence-electron chi connectivity index (χ4n) is 1.08. The van der Waals surface area contributed by atoms with Gasteiger partial charge in [0.25, 0.3) is 0 Å². The Morgan fingerprint density at radius 1 is 1.54 bits per heavy atom. The van der Waals surface area contributed by atoms with E-state index in [1.807, 2.05) is 7.05 Å². The number of nitrogens with one attached hydrogen (secondary N) is 1. The van der Waals surface area contributed by atoms with Crippen molar-refractivity contribution in [1.82, 2.24) is 10.2 Å². The van der Waals surface area contributed by atoms with Gasteiger partial charge in [-0.3, -0.25) is 0 Å². The van der Waals surface area contributed by atoms with Crippen LogP contribution < -0.4 is 5.32 Å². The molecule has 0 spiro atoms. The van der Waals surface area contributed by atoms with E-state index in [9.17, 15) is 0 Å². The molecule has 0 aromatic heterocycles. The molecule has 0 amide bonds. The van der Waals surface area contributed by atoms with E-state index in [1.165, 1.54) is 0 Å². The maximum atomic E-state index is 5.17. The number of nitrogens with zero attached hydrogens (tertiary/aromatic N) is 1. The third kappa shape index (κ3) is 5.82. The lowest BCUT2D eigenvalue weighted by molar-refractivity contribution is 0.171. The largest absolute Gasteiger partial charge is 0.383 e. The van der Waals surface area contributed by atoms with Gasteiger partial charge in [-0.05, 0) is 18.1 Å². The molecule has 0 atom stereocenters. The number of hydrogen-bond donors (Lipinski definition) is 1. The van der Waals surface area contributed by atoms with E-state index in [4.69, 9.17) is 17.0 Å². The summed E-state index contributed by atoms with van der Waals surface area (Å²) < 4.78 is 5.02. The highest BCUT2D eigenvalue weighted by molar-refractivity contribution is 7.80. The second kappa shape index (κ2) is 7.09. The molecule has 0 rings (SSSR count). The van der Waals surface area contributed by atoms with Crippen molar-refractivity contribution in [2.24, 2.45) is 5.92 Å². The maximum absolute atomic E-state index is 5.17. The minimum atomic E-state index is 0.614. The van der Waals surface area contributed by atoms with E-state index in [0.29, 0.717) is 12.5 Å². The summed E-state index contributed by atoms with van der Waals surface area (Å²) in [4.78, 5) is 2.13. The molecule has 0 fully saturated rings. The van der Waals surface area contributed by atoms with Gasteiger partial charge >= 0.3 is 0 Å². The fourth-order valence-corrected chi connectivity index (χ4v) is 1.24. The summed E-state index contributed by atoms with van der Waals surface area (Å²) in [5.41, 5.74) is 0. The highest BCUT2D eigenvalue weighted by atomic mass is 32.1. The van der Waals surface area contributed by atoms with Gasteiger partial charge < -0.3 is 15.0 Å². The first-order valence-electron chi connectivity index (χ1n) is 4.57. The molecule has 0 bridgehead atoms. The van der Waals surface area contributed by atoms with Crippen LogP contribution in [0.2, 0.25) is 0 Å². The molecule has 0 saturated heterocycles. The molecule has 0 unspecified atom stereocenters. The van der Waals surface area contributed by atoms with Crippen LogP contribution in [-0.4, -0.2) is 43.9 Å². The molecule has 0 aromatic rings. The van der Waals surface area contributed by atoms with E-state index in [2.05, 4.69) is 24.1 Å². The molecule has 13 heavy (non-hydrogen) atoms. The third-order valence-corrected chi connectivity index (χ3v) is 2.11. The lowest BCUT2D eigenvalue weighted by Gasteiger charge is -2.26. The standard InChI is InChI=1S/C9H20N2OS/c1-8(2)7-11(5-6-12-4)9(13)10-3/h8H,5-7H2,1-4H3,(H,10,13). The van der Waals surface area contributed by atoms with Crippen molar-refractivity contribution in [3.8, 4) is 0 Å². The monoisotopic (exact) mass is 204 g/mol. The minimum Gasteiger partial charge on any atom is -0.383 e. The summed E-state index contributed by atoms with van der Waals surface area (Å²) >= 11 is 5.17. The number of ether oxygens (including phenoxy) is 1. The Morgan fingerprint density at radius 2 is 2.15 bits per heavy atom. The molecule has 78 valence electrons. The van der Waals surface area contributed by atoms with Crippen molar-refractivity contribution in [3.05, 3.63) is 0 Å². The number of rotatable bonds is 5. The number of thiocarbonyl (C=S) groups is 1. The average molecular weight is 204 g/mol. The van der Waals surface area contributed by atoms with E-state index < -0.39 is 0 Å². The van der Waals surface area contributed by atoms with Gasteiger partial charge in [0.15, 0.2) is 5.11 Å². The predicted octanol–water partition coefficient (Wildman–Crippen LogP) is 1.10. The van der Waals surface area contributed by atoms with Gasteiger partial charge in [0.2, 0.25) is 0 Å². The highest BCUT2D eigenvalue weighted by Crippen LogP contribution is 1.98. The molecule has 0 aliphatic heterocycles. The Morgan fingerprint density at radius 3 is 2.54 bits per heavy atom. The predicted molar refractivity (Wildman–Crippen MR) is 59.9 cm³/mol. The van der Waals surface area contributed by atoms with Crippen molar-refractivity contribution < 1.29 is 4.74 Å². The van der Waals surface area contributed by atoms with Crippen molar-refractivity contribution in [2.45, 2.75) is 13.8 Å². The molecular formula is C9H20N2OS. The van der Waals surface area contributed by atoms with E-state index in [-0.39, 0.29) is 0 Å². The first-order chi connectivity index (χ1) is 6.11. The molecule has 0 aromatic carbocycles. The Kier molecular flexibility index (Phi) is 6.90. The molecule has 4 heteroatoms. The lowest BCUT2D eigenvalue weighted by Crippen LogP contribution is -2.41. The van der Waals surface area contributed by atoms with Gasteiger partial charge in [-0.25, -0.2) is 0 Å². The summed E-state index contributed by atoms with van der Waals surface area (Å²) in [7, 11) is 3.55. The molecule has 0 radical (unpaired) electrons. The minimum absolute atomic E-state index is 0.614. The first-order valence-corrected chi connectivity index (χ1v) is 4.98. The van der Waals surface area contributed by atoms with Crippen LogP contribution in [0.4, 0.5) is 0 Å². The quantitative estimate of drug-likeness (QED) is 0.678. The molecule has 1 N–H and O–H groups in total. The maximum Gasteiger partial charge on any atom is 0.168 e. The van der Waals surface area contributed by atoms with Gasteiger partial charge in [-0.1, -0.05) is 13.8 Å². The summed E-state index contributed by atoms with van der Waals surface area (Å²) in [6.07, 6.45) is 0. The number of hydrogen-bond acceptors (Lipinski definition) is 2. The zero-order chi connectivity index (χ0) is 10.3. The molecule has 0 aliphatic carbocycles. The molecular weight excluding hydrogens is 184 g/mol. The van der Waals surface area contributed by atoms with E-state index in [0.717, 1.165) is 18.2 Å². The van der Waals surface area contributed by atoms with Crippen LogP contribution in [0.15, 0.2) is 0 Å². The topological polar surface area (TPSA) is 24.5 Å². The summed E-state index contributed by atoms with van der Waals surface area (Å²) in [5.74, 6) is 0.614. The molecule has 0 heterocycles. The van der Waals surface area contributed by atoms with Crippen molar-refractivity contribution in [3.63, 3.8) is 0 Å². The Labute approximate surface area is 86.4 Å². The van der Waals surface area contributed by atoms with Crippen LogP contribution in [0.25, 0.3) is 0 Å². The summed E-state index contributed by atoms with van der Waals surface area (Å²) in [6, 6.07) is 0. The normalized spacial score (nSPS) is 10.2. The third-order valence-electron chi connectivity index (χ3n) is 1.65. The Bertz CT molecular complexity index is 151. The highest BCUT2D eigenvalue weighted by Gasteiger charge is 2.08. The fraction of sp³-hybridized carbons (Fsp3) is 0.889. The van der Waals surface area contributed by atoms with Crippen LogP contribution in [0.3, 0.4) is 0 Å². The van der Waals surface area contributed by atoms with Crippen LogP contribution >= 0.6 is 12.2 Å². The number of methoxy groups -OCH3 is 1. The Balaban J connectivity index is 3.94. The average Bonchev–Trinajstić information content (AvgIpc) is 2.10. The zero-order valence-electron chi connectivity index (χ0n) is 8.96. The van der Waals surface area contributed by atoms with Crippen molar-refractivity contribution in [1.29, 1.82) is 0 Å². The smallest absolute Gasteiger partial charge is 0.168 e. The van der Waals surface area contributed by atoms with Crippen molar-refractivity contribution >= 4 is 17.3 Å². The van der Waals surface area contributed by atoms with Crippen LogP contribution in [-0.2, 0) is 4.74 Å². The van der Waals surface area contributed by atoms with E-state index >= 15 is 0 Å². The Hall–Kier alpha value is -0.350. The van der Waals surface area contributed by atoms with Gasteiger partial charge in [0.05, 0.1) is 6.61 Å². The van der Waals surface area contributed by atoms with Crippen LogP contribution in [0, 0.1) is 5.92 Å². The van der Waals surface area contributed by atoms with Gasteiger partial charge in [0, 0.05) is 27.2 Å². The zero-order valence-corrected chi connectivity index (χ0v) is 9.78. The van der Waals surface area contributed by atoms with Crippen LogP contribution in [0.1, 0.15) is 13.8 Å². The SMILES string of the molecule is CNC(=S)N(CCOC)CC(C)C. The lowest BCUT2D eigenvalue weighted by atomic mass is 10.2. The van der Waals surface area contributed by atoms with Crippen LogP contribution in [0.5, 0.6) is 0 Å². The van der Waals surface area contributed by atoms with Gasteiger partial charge in [-0.2, -0.15) is 0 Å². The molecule has 0 aliphatic rings. The molecule has 3 nitrogen and oxygen atoms in total. The second-order valence-corrected chi connectivity index (χ2v) is 3.77.